The number of amides is 1. The second kappa shape index (κ2) is 7.38. The van der Waals surface area contributed by atoms with Crippen LogP contribution in [0.3, 0.4) is 0 Å². The van der Waals surface area contributed by atoms with Gasteiger partial charge in [-0.05, 0) is 54.8 Å². The number of nitrogens with zero attached hydrogens (tertiary/aromatic N) is 1. The van der Waals surface area contributed by atoms with Gasteiger partial charge in [0.05, 0.1) is 18.4 Å². The van der Waals surface area contributed by atoms with Crippen LogP contribution in [0.25, 0.3) is 11.3 Å². The Morgan fingerprint density at radius 2 is 1.69 bits per heavy atom. The molecule has 0 saturated heterocycles. The molecule has 3 aromatic rings. The summed E-state index contributed by atoms with van der Waals surface area (Å²) >= 11 is 3.47. The molecule has 0 spiro atoms. The maximum atomic E-state index is 12.0. The molecule has 0 aliphatic carbocycles. The lowest BCUT2D eigenvalue weighted by molar-refractivity contribution is 0.0999. The summed E-state index contributed by atoms with van der Waals surface area (Å²) in [6.45, 7) is 4.54. The Balaban J connectivity index is 2.14. The van der Waals surface area contributed by atoms with Gasteiger partial charge in [-0.3, -0.25) is 4.79 Å². The van der Waals surface area contributed by atoms with Crippen LogP contribution in [-0.2, 0) is 6.54 Å². The minimum atomic E-state index is -0.396. The van der Waals surface area contributed by atoms with E-state index in [1.165, 1.54) is 0 Å². The van der Waals surface area contributed by atoms with E-state index >= 15 is 0 Å². The molecule has 1 aromatic heterocycles. The number of aromatic nitrogens is 1. The molecule has 0 fully saturated rings. The van der Waals surface area contributed by atoms with E-state index in [-0.39, 0.29) is 0 Å². The number of hydrogen-bond donors (Lipinski definition) is 1. The van der Waals surface area contributed by atoms with Crippen molar-refractivity contribution in [2.24, 2.45) is 5.73 Å². The van der Waals surface area contributed by atoms with Crippen LogP contribution < -0.4 is 10.5 Å². The lowest BCUT2D eigenvalue weighted by atomic mass is 10.0. The molecule has 0 aliphatic rings. The van der Waals surface area contributed by atoms with Gasteiger partial charge >= 0.3 is 0 Å². The Morgan fingerprint density at radius 1 is 1.08 bits per heavy atom. The van der Waals surface area contributed by atoms with Crippen molar-refractivity contribution in [1.29, 1.82) is 0 Å². The normalized spacial score (nSPS) is 10.8. The first-order valence-electron chi connectivity index (χ1n) is 8.30. The third-order valence-corrected chi connectivity index (χ3v) is 5.16. The Hall–Kier alpha value is -2.53. The molecule has 1 amide bonds. The molecule has 0 atom stereocenters. The van der Waals surface area contributed by atoms with E-state index in [0.717, 1.165) is 38.3 Å². The van der Waals surface area contributed by atoms with Gasteiger partial charge in [0.1, 0.15) is 5.75 Å². The van der Waals surface area contributed by atoms with Gasteiger partial charge in [0.15, 0.2) is 0 Å². The smallest absolute Gasteiger partial charge is 0.250 e. The van der Waals surface area contributed by atoms with Crippen LogP contribution in [0.15, 0.2) is 53.0 Å². The number of benzene rings is 2. The van der Waals surface area contributed by atoms with Crippen LogP contribution in [0.4, 0.5) is 0 Å². The first-order valence-corrected chi connectivity index (χ1v) is 9.10. The average Bonchev–Trinajstić information content (AvgIpc) is 2.87. The number of methoxy groups -OCH3 is 1. The number of carbonyl (C=O) groups excluding carboxylic acids is 1. The third-order valence-electron chi connectivity index (χ3n) is 4.63. The Morgan fingerprint density at radius 3 is 2.23 bits per heavy atom. The van der Waals surface area contributed by atoms with Gasteiger partial charge in [0, 0.05) is 16.7 Å². The zero-order chi connectivity index (χ0) is 18.8. The molecular weight excluding hydrogens is 392 g/mol. The maximum absolute atomic E-state index is 12.0. The van der Waals surface area contributed by atoms with Crippen molar-refractivity contribution in [3.8, 4) is 17.0 Å². The summed E-state index contributed by atoms with van der Waals surface area (Å²) in [6, 6.07) is 16.0. The monoisotopic (exact) mass is 412 g/mol. The van der Waals surface area contributed by atoms with Crippen molar-refractivity contribution in [2.45, 2.75) is 20.4 Å². The molecule has 0 radical (unpaired) electrons. The van der Waals surface area contributed by atoms with E-state index < -0.39 is 5.91 Å². The molecule has 0 bridgehead atoms. The molecule has 4 nitrogen and oxygen atoms in total. The number of carbonyl (C=O) groups is 1. The molecule has 3 rings (SSSR count). The number of ether oxygens (including phenoxy) is 1. The van der Waals surface area contributed by atoms with Crippen LogP contribution in [0, 0.1) is 13.8 Å². The van der Waals surface area contributed by atoms with Gasteiger partial charge in [0.25, 0.3) is 5.91 Å². The maximum Gasteiger partial charge on any atom is 0.250 e. The van der Waals surface area contributed by atoms with Crippen molar-refractivity contribution in [3.63, 3.8) is 0 Å². The van der Waals surface area contributed by atoms with Crippen LogP contribution >= 0.6 is 15.9 Å². The first kappa shape index (κ1) is 18.3. The quantitative estimate of drug-likeness (QED) is 0.660. The van der Waals surface area contributed by atoms with Crippen LogP contribution in [0.5, 0.6) is 5.75 Å². The van der Waals surface area contributed by atoms with E-state index in [4.69, 9.17) is 10.5 Å². The van der Waals surface area contributed by atoms with Crippen LogP contribution in [0.1, 0.15) is 27.2 Å². The van der Waals surface area contributed by atoms with E-state index in [1.54, 1.807) is 7.11 Å². The summed E-state index contributed by atoms with van der Waals surface area (Å²) in [6.07, 6.45) is 0. The summed E-state index contributed by atoms with van der Waals surface area (Å²) < 4.78 is 8.40. The van der Waals surface area contributed by atoms with Crippen molar-refractivity contribution in [3.05, 3.63) is 75.4 Å². The minimum Gasteiger partial charge on any atom is -0.497 e. The molecule has 0 saturated carbocycles. The fourth-order valence-electron chi connectivity index (χ4n) is 3.35. The Bertz CT molecular complexity index is 942. The van der Waals surface area contributed by atoms with E-state index in [9.17, 15) is 4.79 Å². The van der Waals surface area contributed by atoms with Crippen molar-refractivity contribution in [2.75, 3.05) is 7.11 Å². The minimum absolute atomic E-state index is 0.396. The molecule has 26 heavy (non-hydrogen) atoms. The predicted octanol–water partition coefficient (Wildman–Crippen LogP) is 4.69. The second-order valence-corrected chi connectivity index (χ2v) is 7.16. The lowest BCUT2D eigenvalue weighted by Gasteiger charge is -2.13. The summed E-state index contributed by atoms with van der Waals surface area (Å²) in [5.41, 5.74) is 11.2. The fourth-order valence-corrected chi connectivity index (χ4v) is 3.61. The summed E-state index contributed by atoms with van der Waals surface area (Å²) in [4.78, 5) is 12.0. The van der Waals surface area contributed by atoms with Crippen molar-refractivity contribution < 1.29 is 9.53 Å². The first-order chi connectivity index (χ1) is 12.4. The van der Waals surface area contributed by atoms with Gasteiger partial charge in [0.2, 0.25) is 0 Å². The zero-order valence-electron chi connectivity index (χ0n) is 15.0. The second-order valence-electron chi connectivity index (χ2n) is 6.24. The number of primary amides is 1. The molecule has 5 heteroatoms. The molecular formula is C21H21BrN2O2. The lowest BCUT2D eigenvalue weighted by Crippen LogP contribution is -2.13. The summed E-state index contributed by atoms with van der Waals surface area (Å²) in [5.74, 6) is 0.423. The van der Waals surface area contributed by atoms with Crippen LogP contribution in [-0.4, -0.2) is 17.6 Å². The highest BCUT2D eigenvalue weighted by Crippen LogP contribution is 2.32. The summed E-state index contributed by atoms with van der Waals surface area (Å²) in [5, 5.41) is 0. The highest BCUT2D eigenvalue weighted by Gasteiger charge is 2.22. The predicted molar refractivity (Wildman–Crippen MR) is 108 cm³/mol. The van der Waals surface area contributed by atoms with Gasteiger partial charge < -0.3 is 15.0 Å². The van der Waals surface area contributed by atoms with Gasteiger partial charge in [-0.15, -0.1) is 0 Å². The summed E-state index contributed by atoms with van der Waals surface area (Å²) in [7, 11) is 1.65. The van der Waals surface area contributed by atoms with E-state index in [0.29, 0.717) is 12.1 Å². The van der Waals surface area contributed by atoms with Crippen LogP contribution in [0.2, 0.25) is 0 Å². The fraction of sp³-hybridized carbons (Fsp3) is 0.190. The van der Waals surface area contributed by atoms with Gasteiger partial charge in [-0.25, -0.2) is 0 Å². The van der Waals surface area contributed by atoms with Crippen molar-refractivity contribution >= 4 is 21.8 Å². The zero-order valence-corrected chi connectivity index (χ0v) is 16.6. The van der Waals surface area contributed by atoms with Crippen molar-refractivity contribution in [1.82, 2.24) is 4.57 Å². The molecule has 0 aliphatic heterocycles. The average molecular weight is 413 g/mol. The molecule has 0 unspecified atom stereocenters. The van der Waals surface area contributed by atoms with E-state index in [1.807, 2.05) is 62.4 Å². The standard InChI is InChI=1S/C21H21BrN2O2/c1-13-19(21(23)25)14(2)24(12-15-4-10-18(26-3)11-5-15)20(13)16-6-8-17(22)9-7-16/h4-11H,12H2,1-3H3,(H2,23,25). The highest BCUT2D eigenvalue weighted by molar-refractivity contribution is 9.10. The topological polar surface area (TPSA) is 57.2 Å². The Labute approximate surface area is 161 Å². The largest absolute Gasteiger partial charge is 0.497 e. The molecule has 1 heterocycles. The Kier molecular flexibility index (Phi) is 5.18. The molecule has 2 aromatic carbocycles. The third kappa shape index (κ3) is 3.40. The molecule has 134 valence electrons. The molecule has 2 N–H and O–H groups in total. The highest BCUT2D eigenvalue weighted by atomic mass is 79.9. The number of hydrogen-bond acceptors (Lipinski definition) is 2. The van der Waals surface area contributed by atoms with Gasteiger partial charge in [-0.1, -0.05) is 40.2 Å². The SMILES string of the molecule is COc1ccc(Cn2c(C)c(C(N)=O)c(C)c2-c2ccc(Br)cc2)cc1. The number of rotatable bonds is 5. The number of halogens is 1. The van der Waals surface area contributed by atoms with Gasteiger partial charge in [-0.2, -0.15) is 0 Å². The van der Waals surface area contributed by atoms with E-state index in [2.05, 4.69) is 20.5 Å². The number of nitrogens with two attached hydrogens (primary N) is 1.